The Bertz CT molecular complexity index is 742. The second kappa shape index (κ2) is 7.33. The van der Waals surface area contributed by atoms with Crippen molar-refractivity contribution >= 4 is 18.1 Å². The Labute approximate surface area is 140 Å². The quantitative estimate of drug-likeness (QED) is 0.847. The topological polar surface area (TPSA) is 96.2 Å². The van der Waals surface area contributed by atoms with Crippen molar-refractivity contribution in [1.82, 2.24) is 30.7 Å². The molecular formula is C16H20N6O2. The van der Waals surface area contributed by atoms with E-state index < -0.39 is 0 Å². The lowest BCUT2D eigenvalue weighted by Crippen LogP contribution is -2.44. The standard InChI is InChI=1S/C16H20N6O2/c1-17-16(23)12-7-11(8-19-9-12)3-4-14-20-15(21-24-14)13-10-18-5-6-22(13)2/h3-4,7-9,13,18H,5-6,10H2,1-2H3,(H,17,23)/b4-3+. The molecule has 0 aliphatic carbocycles. The van der Waals surface area contributed by atoms with E-state index >= 15 is 0 Å². The molecule has 0 bridgehead atoms. The average molecular weight is 328 g/mol. The summed E-state index contributed by atoms with van der Waals surface area (Å²) in [6.07, 6.45) is 6.70. The lowest BCUT2D eigenvalue weighted by molar-refractivity contribution is 0.0962. The van der Waals surface area contributed by atoms with Gasteiger partial charge in [0.2, 0.25) is 0 Å². The monoisotopic (exact) mass is 328 g/mol. The fraction of sp³-hybridized carbons (Fsp3) is 0.375. The number of carbonyl (C=O) groups excluding carboxylic acids is 1. The van der Waals surface area contributed by atoms with Crippen LogP contribution in [0.4, 0.5) is 0 Å². The lowest BCUT2D eigenvalue weighted by Gasteiger charge is -2.30. The molecule has 3 rings (SSSR count). The van der Waals surface area contributed by atoms with Gasteiger partial charge < -0.3 is 15.2 Å². The largest absolute Gasteiger partial charge is 0.355 e. The van der Waals surface area contributed by atoms with Crippen LogP contribution in [0.1, 0.15) is 33.7 Å². The fourth-order valence-corrected chi connectivity index (χ4v) is 2.53. The third kappa shape index (κ3) is 3.66. The van der Waals surface area contributed by atoms with Crippen molar-refractivity contribution in [1.29, 1.82) is 0 Å². The molecule has 0 radical (unpaired) electrons. The summed E-state index contributed by atoms with van der Waals surface area (Å²) >= 11 is 0. The SMILES string of the molecule is CNC(=O)c1cncc(/C=C/c2nc(C3CNCCN3C)no2)c1. The van der Waals surface area contributed by atoms with Gasteiger partial charge in [0, 0.05) is 45.2 Å². The Kier molecular flexibility index (Phi) is 4.97. The van der Waals surface area contributed by atoms with Gasteiger partial charge in [-0.2, -0.15) is 4.98 Å². The average Bonchev–Trinajstić information content (AvgIpc) is 3.08. The van der Waals surface area contributed by atoms with Crippen LogP contribution >= 0.6 is 0 Å². The summed E-state index contributed by atoms with van der Waals surface area (Å²) in [5, 5.41) is 9.96. The summed E-state index contributed by atoms with van der Waals surface area (Å²) in [5.41, 5.74) is 1.29. The molecule has 8 nitrogen and oxygen atoms in total. The number of amides is 1. The van der Waals surface area contributed by atoms with Gasteiger partial charge >= 0.3 is 0 Å². The maximum Gasteiger partial charge on any atom is 0.252 e. The second-order valence-electron chi connectivity index (χ2n) is 5.61. The molecule has 0 saturated carbocycles. The molecule has 1 amide bonds. The first-order valence-electron chi connectivity index (χ1n) is 7.77. The van der Waals surface area contributed by atoms with Gasteiger partial charge in [0.05, 0.1) is 11.6 Å². The highest BCUT2D eigenvalue weighted by atomic mass is 16.5. The number of piperazine rings is 1. The van der Waals surface area contributed by atoms with Crippen molar-refractivity contribution in [2.45, 2.75) is 6.04 Å². The zero-order valence-electron chi connectivity index (χ0n) is 13.7. The molecule has 1 atom stereocenters. The first-order valence-corrected chi connectivity index (χ1v) is 7.77. The van der Waals surface area contributed by atoms with Gasteiger partial charge in [0.15, 0.2) is 5.82 Å². The smallest absolute Gasteiger partial charge is 0.252 e. The first-order chi connectivity index (χ1) is 11.7. The van der Waals surface area contributed by atoms with Gasteiger partial charge in [-0.15, -0.1) is 0 Å². The van der Waals surface area contributed by atoms with Gasteiger partial charge in [0.25, 0.3) is 11.8 Å². The molecule has 0 aromatic carbocycles. The van der Waals surface area contributed by atoms with Gasteiger partial charge in [-0.25, -0.2) is 0 Å². The third-order valence-electron chi connectivity index (χ3n) is 3.93. The van der Waals surface area contributed by atoms with Crippen LogP contribution in [-0.4, -0.2) is 59.7 Å². The van der Waals surface area contributed by atoms with Crippen molar-refractivity contribution in [3.63, 3.8) is 0 Å². The molecule has 2 aromatic rings. The molecule has 2 N–H and O–H groups in total. The Morgan fingerprint density at radius 3 is 3.12 bits per heavy atom. The highest BCUT2D eigenvalue weighted by Gasteiger charge is 2.24. The van der Waals surface area contributed by atoms with Crippen molar-refractivity contribution in [2.75, 3.05) is 33.7 Å². The van der Waals surface area contributed by atoms with E-state index in [-0.39, 0.29) is 11.9 Å². The molecule has 8 heteroatoms. The van der Waals surface area contributed by atoms with Crippen LogP contribution in [0.25, 0.3) is 12.2 Å². The summed E-state index contributed by atoms with van der Waals surface area (Å²) in [6, 6.07) is 1.86. The normalized spacial score (nSPS) is 18.8. The molecule has 24 heavy (non-hydrogen) atoms. The van der Waals surface area contributed by atoms with Crippen LogP contribution in [0.15, 0.2) is 23.0 Å². The van der Waals surface area contributed by atoms with E-state index in [2.05, 4.69) is 30.7 Å². The number of nitrogens with one attached hydrogen (secondary N) is 2. The van der Waals surface area contributed by atoms with E-state index in [0.29, 0.717) is 17.3 Å². The molecule has 2 aromatic heterocycles. The number of rotatable bonds is 4. The van der Waals surface area contributed by atoms with Crippen LogP contribution < -0.4 is 10.6 Å². The Morgan fingerprint density at radius 2 is 2.33 bits per heavy atom. The molecule has 1 aliphatic rings. The minimum absolute atomic E-state index is 0.114. The van der Waals surface area contributed by atoms with Gasteiger partial charge in [0.1, 0.15) is 0 Å². The maximum atomic E-state index is 11.6. The molecular weight excluding hydrogens is 308 g/mol. The van der Waals surface area contributed by atoms with Crippen molar-refractivity contribution in [3.8, 4) is 0 Å². The zero-order chi connectivity index (χ0) is 16.9. The number of nitrogens with zero attached hydrogens (tertiary/aromatic N) is 4. The molecule has 126 valence electrons. The Balaban J connectivity index is 1.72. The van der Waals surface area contributed by atoms with E-state index in [0.717, 1.165) is 25.2 Å². The van der Waals surface area contributed by atoms with Crippen LogP contribution in [0.2, 0.25) is 0 Å². The molecule has 1 aliphatic heterocycles. The van der Waals surface area contributed by atoms with E-state index in [4.69, 9.17) is 4.52 Å². The molecule has 0 spiro atoms. The predicted octanol–water partition coefficient (Wildman–Crippen LogP) is 0.571. The van der Waals surface area contributed by atoms with E-state index in [1.165, 1.54) is 6.20 Å². The fourth-order valence-electron chi connectivity index (χ4n) is 2.53. The summed E-state index contributed by atoms with van der Waals surface area (Å²) in [6.45, 7) is 2.71. The van der Waals surface area contributed by atoms with Crippen LogP contribution in [0, 0.1) is 0 Å². The second-order valence-corrected chi connectivity index (χ2v) is 5.61. The van der Waals surface area contributed by atoms with E-state index in [9.17, 15) is 4.79 Å². The lowest BCUT2D eigenvalue weighted by atomic mass is 10.2. The third-order valence-corrected chi connectivity index (χ3v) is 3.93. The number of hydrogen-bond acceptors (Lipinski definition) is 7. The van der Waals surface area contributed by atoms with E-state index in [1.807, 2.05) is 7.05 Å². The number of likely N-dealkylation sites (N-methyl/N-ethyl adjacent to an activating group) is 1. The first kappa shape index (κ1) is 16.3. The predicted molar refractivity (Wildman–Crippen MR) is 89.1 cm³/mol. The number of aromatic nitrogens is 3. The molecule has 1 unspecified atom stereocenters. The minimum atomic E-state index is -0.175. The highest BCUT2D eigenvalue weighted by molar-refractivity contribution is 5.94. The summed E-state index contributed by atoms with van der Waals surface area (Å²) in [4.78, 5) is 22.3. The Morgan fingerprint density at radius 1 is 1.46 bits per heavy atom. The van der Waals surface area contributed by atoms with Crippen molar-refractivity contribution in [2.24, 2.45) is 0 Å². The minimum Gasteiger partial charge on any atom is -0.355 e. The van der Waals surface area contributed by atoms with Crippen molar-refractivity contribution in [3.05, 3.63) is 41.3 Å². The summed E-state index contributed by atoms with van der Waals surface area (Å²) < 4.78 is 5.28. The zero-order valence-corrected chi connectivity index (χ0v) is 13.7. The number of pyridine rings is 1. The van der Waals surface area contributed by atoms with Crippen LogP contribution in [0.5, 0.6) is 0 Å². The molecule has 1 fully saturated rings. The van der Waals surface area contributed by atoms with Crippen LogP contribution in [0.3, 0.4) is 0 Å². The van der Waals surface area contributed by atoms with Crippen LogP contribution in [-0.2, 0) is 0 Å². The van der Waals surface area contributed by atoms with Gasteiger partial charge in [-0.1, -0.05) is 5.16 Å². The summed E-state index contributed by atoms with van der Waals surface area (Å²) in [5.74, 6) is 0.918. The van der Waals surface area contributed by atoms with Crippen molar-refractivity contribution < 1.29 is 9.32 Å². The Hall–Kier alpha value is -2.58. The summed E-state index contributed by atoms with van der Waals surface area (Å²) in [7, 11) is 3.63. The van der Waals surface area contributed by atoms with E-state index in [1.54, 1.807) is 31.5 Å². The van der Waals surface area contributed by atoms with Gasteiger partial charge in [-0.3, -0.25) is 14.7 Å². The highest BCUT2D eigenvalue weighted by Crippen LogP contribution is 2.18. The molecule has 3 heterocycles. The number of carbonyl (C=O) groups is 1. The number of hydrogen-bond donors (Lipinski definition) is 2. The maximum absolute atomic E-state index is 11.6. The van der Waals surface area contributed by atoms with Gasteiger partial charge in [-0.05, 0) is 24.8 Å². The molecule has 1 saturated heterocycles.